The van der Waals surface area contributed by atoms with E-state index in [0.717, 1.165) is 32.1 Å². The topological polar surface area (TPSA) is 37.4 Å². The molecule has 1 aliphatic heterocycles. The van der Waals surface area contributed by atoms with Crippen molar-refractivity contribution in [3.8, 4) is 0 Å². The molecule has 1 aliphatic carbocycles. The van der Waals surface area contributed by atoms with Gasteiger partial charge in [-0.2, -0.15) is 0 Å². The maximum Gasteiger partial charge on any atom is 0.253 e. The quantitative estimate of drug-likeness (QED) is 0.788. The van der Waals surface area contributed by atoms with Crippen LogP contribution in [0.2, 0.25) is 0 Å². The Morgan fingerprint density at radius 2 is 1.70 bits per heavy atom. The lowest BCUT2D eigenvalue weighted by Crippen LogP contribution is -2.42. The van der Waals surface area contributed by atoms with Crippen LogP contribution in [0.1, 0.15) is 31.2 Å². The van der Waals surface area contributed by atoms with Crippen LogP contribution < -0.4 is 0 Å². The molecule has 1 saturated carbocycles. The molecule has 1 fully saturated rings. The van der Waals surface area contributed by atoms with Gasteiger partial charge in [-0.3, -0.25) is 14.5 Å². The molecule has 104 valence electrons. The predicted molar refractivity (Wildman–Crippen MR) is 76.9 cm³/mol. The monoisotopic (exact) mass is 269 g/mol. The van der Waals surface area contributed by atoms with Gasteiger partial charge in [0.15, 0.2) is 0 Å². The number of nitrogens with zero attached hydrogens (tertiary/aromatic N) is 1. The van der Waals surface area contributed by atoms with Gasteiger partial charge in [-0.15, -0.1) is 0 Å². The molecule has 0 saturated heterocycles. The highest BCUT2D eigenvalue weighted by atomic mass is 16.2. The summed E-state index contributed by atoms with van der Waals surface area (Å²) >= 11 is 0. The van der Waals surface area contributed by atoms with Crippen LogP contribution >= 0.6 is 0 Å². The molecule has 1 heterocycles. The summed E-state index contributed by atoms with van der Waals surface area (Å²) < 4.78 is 0. The largest absolute Gasteiger partial charge is 0.272 e. The summed E-state index contributed by atoms with van der Waals surface area (Å²) in [5.41, 5.74) is 1.33. The molecule has 0 aromatic heterocycles. The molecule has 20 heavy (non-hydrogen) atoms. The van der Waals surface area contributed by atoms with Gasteiger partial charge in [0.2, 0.25) is 0 Å². The zero-order chi connectivity index (χ0) is 13.9. The SMILES string of the molecule is O=C1C=CC(=O)N1[C@H]1CCC[C@H]1CCc1ccccc1. The minimum atomic E-state index is -0.133. The molecule has 0 bridgehead atoms. The average molecular weight is 269 g/mol. The number of benzene rings is 1. The normalized spacial score (nSPS) is 25.7. The van der Waals surface area contributed by atoms with Crippen molar-refractivity contribution < 1.29 is 9.59 Å². The number of amides is 2. The van der Waals surface area contributed by atoms with Gasteiger partial charge in [0, 0.05) is 18.2 Å². The van der Waals surface area contributed by atoms with E-state index in [4.69, 9.17) is 0 Å². The Bertz CT molecular complexity index is 517. The summed E-state index contributed by atoms with van der Waals surface area (Å²) in [5, 5.41) is 0. The van der Waals surface area contributed by atoms with Crippen molar-refractivity contribution in [1.29, 1.82) is 0 Å². The molecule has 0 N–H and O–H groups in total. The van der Waals surface area contributed by atoms with Gasteiger partial charge < -0.3 is 0 Å². The smallest absolute Gasteiger partial charge is 0.253 e. The summed E-state index contributed by atoms with van der Waals surface area (Å²) in [6.07, 6.45) is 8.05. The molecule has 1 aromatic carbocycles. The Labute approximate surface area is 119 Å². The van der Waals surface area contributed by atoms with Crippen LogP contribution in [0, 0.1) is 5.92 Å². The number of aryl methyl sites for hydroxylation is 1. The van der Waals surface area contributed by atoms with E-state index < -0.39 is 0 Å². The molecule has 0 unspecified atom stereocenters. The number of hydrogen-bond donors (Lipinski definition) is 0. The lowest BCUT2D eigenvalue weighted by atomic mass is 9.94. The van der Waals surface area contributed by atoms with Crippen LogP contribution in [0.3, 0.4) is 0 Å². The van der Waals surface area contributed by atoms with Crippen molar-refractivity contribution in [2.75, 3.05) is 0 Å². The Balaban J connectivity index is 1.64. The highest BCUT2D eigenvalue weighted by Crippen LogP contribution is 2.34. The summed E-state index contributed by atoms with van der Waals surface area (Å²) in [7, 11) is 0. The van der Waals surface area contributed by atoms with E-state index >= 15 is 0 Å². The van der Waals surface area contributed by atoms with E-state index in [-0.39, 0.29) is 17.9 Å². The maximum absolute atomic E-state index is 11.8. The van der Waals surface area contributed by atoms with Crippen molar-refractivity contribution in [3.05, 3.63) is 48.0 Å². The van der Waals surface area contributed by atoms with Gasteiger partial charge in [0.05, 0.1) is 0 Å². The van der Waals surface area contributed by atoms with Crippen LogP contribution in [0.25, 0.3) is 0 Å². The van der Waals surface area contributed by atoms with E-state index in [1.165, 1.54) is 22.6 Å². The summed E-state index contributed by atoms with van der Waals surface area (Å²) in [4.78, 5) is 25.1. The van der Waals surface area contributed by atoms with Gasteiger partial charge in [-0.1, -0.05) is 36.8 Å². The first-order valence-corrected chi connectivity index (χ1v) is 7.35. The molecule has 2 amide bonds. The molecule has 2 atom stereocenters. The Morgan fingerprint density at radius 1 is 1.00 bits per heavy atom. The van der Waals surface area contributed by atoms with Crippen molar-refractivity contribution in [3.63, 3.8) is 0 Å². The van der Waals surface area contributed by atoms with Crippen LogP contribution in [-0.4, -0.2) is 22.8 Å². The standard InChI is InChI=1S/C17H19NO2/c19-16-11-12-17(20)18(16)15-8-4-7-14(15)10-9-13-5-2-1-3-6-13/h1-3,5-6,11-12,14-15H,4,7-10H2/t14-,15-/m0/s1. The Hall–Kier alpha value is -1.90. The number of carbonyl (C=O) groups is 2. The fraction of sp³-hybridized carbons (Fsp3) is 0.412. The molecular weight excluding hydrogens is 250 g/mol. The van der Waals surface area contributed by atoms with Crippen LogP contribution in [0.4, 0.5) is 0 Å². The fourth-order valence-corrected chi connectivity index (χ4v) is 3.43. The number of rotatable bonds is 4. The van der Waals surface area contributed by atoms with Crippen LogP contribution in [-0.2, 0) is 16.0 Å². The molecule has 2 aliphatic rings. The first-order valence-electron chi connectivity index (χ1n) is 7.35. The Kier molecular flexibility index (Phi) is 3.68. The van der Waals surface area contributed by atoms with E-state index in [1.807, 2.05) is 6.07 Å². The molecule has 0 radical (unpaired) electrons. The lowest BCUT2D eigenvalue weighted by Gasteiger charge is -2.27. The van der Waals surface area contributed by atoms with Crippen LogP contribution in [0.15, 0.2) is 42.5 Å². The number of carbonyl (C=O) groups excluding carboxylic acids is 2. The second-order valence-corrected chi connectivity index (χ2v) is 5.66. The zero-order valence-electron chi connectivity index (χ0n) is 11.5. The first kappa shape index (κ1) is 13.1. The molecule has 1 aromatic rings. The molecule has 0 spiro atoms. The zero-order valence-corrected chi connectivity index (χ0v) is 11.5. The molecule has 3 heteroatoms. The summed E-state index contributed by atoms with van der Waals surface area (Å²) in [6.45, 7) is 0. The third-order valence-electron chi connectivity index (χ3n) is 4.44. The van der Waals surface area contributed by atoms with E-state index in [9.17, 15) is 9.59 Å². The van der Waals surface area contributed by atoms with Crippen molar-refractivity contribution in [1.82, 2.24) is 4.90 Å². The van der Waals surface area contributed by atoms with E-state index in [2.05, 4.69) is 24.3 Å². The van der Waals surface area contributed by atoms with Gasteiger partial charge in [-0.05, 0) is 37.2 Å². The first-order chi connectivity index (χ1) is 9.75. The molecule has 3 nitrogen and oxygen atoms in total. The Morgan fingerprint density at radius 3 is 2.40 bits per heavy atom. The fourth-order valence-electron chi connectivity index (χ4n) is 3.43. The predicted octanol–water partition coefficient (Wildman–Crippen LogP) is 2.71. The minimum Gasteiger partial charge on any atom is -0.272 e. The number of imide groups is 1. The highest BCUT2D eigenvalue weighted by molar-refractivity contribution is 6.13. The van der Waals surface area contributed by atoms with Crippen molar-refractivity contribution in [2.45, 2.75) is 38.1 Å². The second kappa shape index (κ2) is 5.61. The minimum absolute atomic E-state index is 0.105. The summed E-state index contributed by atoms with van der Waals surface area (Å²) in [6, 6.07) is 10.5. The molecular formula is C17H19NO2. The highest BCUT2D eigenvalue weighted by Gasteiger charge is 2.38. The number of hydrogen-bond acceptors (Lipinski definition) is 2. The molecule has 3 rings (SSSR count). The van der Waals surface area contributed by atoms with Crippen molar-refractivity contribution >= 4 is 11.8 Å². The van der Waals surface area contributed by atoms with E-state index in [1.54, 1.807) is 0 Å². The van der Waals surface area contributed by atoms with Gasteiger partial charge >= 0.3 is 0 Å². The summed E-state index contributed by atoms with van der Waals surface area (Å²) in [5.74, 6) is 0.182. The average Bonchev–Trinajstić information content (AvgIpc) is 3.04. The van der Waals surface area contributed by atoms with Crippen LogP contribution in [0.5, 0.6) is 0 Å². The van der Waals surface area contributed by atoms with E-state index in [0.29, 0.717) is 5.92 Å². The van der Waals surface area contributed by atoms with Gasteiger partial charge in [-0.25, -0.2) is 0 Å². The third-order valence-corrected chi connectivity index (χ3v) is 4.44. The van der Waals surface area contributed by atoms with Gasteiger partial charge in [0.25, 0.3) is 11.8 Å². The third kappa shape index (κ3) is 2.53. The maximum atomic E-state index is 11.8. The second-order valence-electron chi connectivity index (χ2n) is 5.66. The lowest BCUT2D eigenvalue weighted by molar-refractivity contribution is -0.140. The van der Waals surface area contributed by atoms with Crippen molar-refractivity contribution in [2.24, 2.45) is 5.92 Å². The van der Waals surface area contributed by atoms with Gasteiger partial charge in [0.1, 0.15) is 0 Å².